The number of nitrogens with zero attached hydrogens (tertiary/aromatic N) is 3. The highest BCUT2D eigenvalue weighted by molar-refractivity contribution is 5.40. The highest BCUT2D eigenvalue weighted by atomic mass is 19.1. The van der Waals surface area contributed by atoms with E-state index in [1.807, 2.05) is 24.4 Å². The molecule has 5 heteroatoms. The molecule has 0 bridgehead atoms. The molecule has 1 fully saturated rings. The average molecular weight is 323 g/mol. The second-order valence-electron chi connectivity index (χ2n) is 6.09. The zero-order chi connectivity index (χ0) is 16.4. The summed E-state index contributed by atoms with van der Waals surface area (Å²) in [7, 11) is 0. The number of anilines is 1. The Bertz CT molecular complexity index is 801. The van der Waals surface area contributed by atoms with Gasteiger partial charge >= 0.3 is 0 Å². The normalized spacial score (nSPS) is 17.4. The van der Waals surface area contributed by atoms with Crippen LogP contribution in [0.25, 0.3) is 0 Å². The molecule has 4 rings (SSSR count). The fourth-order valence-corrected chi connectivity index (χ4v) is 3.11. The lowest BCUT2D eigenvalue weighted by atomic mass is 10.1. The zero-order valence-electron chi connectivity index (χ0n) is 13.2. The van der Waals surface area contributed by atoms with Crippen LogP contribution in [0.3, 0.4) is 0 Å². The monoisotopic (exact) mass is 323 g/mol. The molecule has 24 heavy (non-hydrogen) atoms. The maximum Gasteiger partial charge on any atom is 0.199 e. The molecule has 0 unspecified atom stereocenters. The van der Waals surface area contributed by atoms with Gasteiger partial charge in [-0.15, -0.1) is 0 Å². The van der Waals surface area contributed by atoms with Crippen molar-refractivity contribution in [3.63, 3.8) is 0 Å². The van der Waals surface area contributed by atoms with E-state index in [-0.39, 0.29) is 11.7 Å². The average Bonchev–Trinajstić information content (AvgIpc) is 3.27. The van der Waals surface area contributed by atoms with Crippen molar-refractivity contribution in [1.29, 1.82) is 0 Å². The Morgan fingerprint density at radius 1 is 1.12 bits per heavy atom. The molecule has 1 saturated heterocycles. The molecular weight excluding hydrogens is 305 g/mol. The van der Waals surface area contributed by atoms with E-state index < -0.39 is 0 Å². The lowest BCUT2D eigenvalue weighted by Crippen LogP contribution is -2.20. The predicted octanol–water partition coefficient (Wildman–Crippen LogP) is 3.79. The highest BCUT2D eigenvalue weighted by Crippen LogP contribution is 2.29. The van der Waals surface area contributed by atoms with Crippen LogP contribution in [-0.2, 0) is 6.42 Å². The van der Waals surface area contributed by atoms with Gasteiger partial charge in [0.1, 0.15) is 17.4 Å². The van der Waals surface area contributed by atoms with Crippen molar-refractivity contribution in [3.05, 3.63) is 77.9 Å². The van der Waals surface area contributed by atoms with Crippen molar-refractivity contribution < 1.29 is 8.81 Å². The van der Waals surface area contributed by atoms with Gasteiger partial charge in [0, 0.05) is 25.7 Å². The van der Waals surface area contributed by atoms with Crippen LogP contribution in [0.15, 0.2) is 59.3 Å². The van der Waals surface area contributed by atoms with Crippen LogP contribution < -0.4 is 4.90 Å². The summed E-state index contributed by atoms with van der Waals surface area (Å²) in [5, 5.41) is 0. The van der Waals surface area contributed by atoms with Gasteiger partial charge in [-0.1, -0.05) is 18.2 Å². The zero-order valence-corrected chi connectivity index (χ0v) is 13.2. The number of halogens is 1. The molecular formula is C19H18FN3O. The molecule has 1 aromatic carbocycles. The summed E-state index contributed by atoms with van der Waals surface area (Å²) in [4.78, 5) is 11.1. The molecule has 0 aliphatic carbocycles. The predicted molar refractivity (Wildman–Crippen MR) is 89.5 cm³/mol. The van der Waals surface area contributed by atoms with Gasteiger partial charge < -0.3 is 9.32 Å². The first-order chi connectivity index (χ1) is 11.8. The SMILES string of the molecule is Fc1ccc(Cc2cnc([C@@H]3CCN(c4ccccn4)C3)o2)cc1. The second kappa shape index (κ2) is 6.43. The third-order valence-electron chi connectivity index (χ3n) is 4.37. The first-order valence-electron chi connectivity index (χ1n) is 8.13. The molecule has 1 atom stereocenters. The minimum atomic E-state index is -0.224. The standard InChI is InChI=1S/C19H18FN3O/c20-16-6-4-14(5-7-16)11-17-12-22-19(24-17)15-8-10-23(13-15)18-3-1-2-9-21-18/h1-7,9,12,15H,8,10-11,13H2/t15-/m1/s1. The quantitative estimate of drug-likeness (QED) is 0.732. The molecule has 122 valence electrons. The molecule has 1 aliphatic rings. The Hall–Kier alpha value is -2.69. The first kappa shape index (κ1) is 14.9. The van der Waals surface area contributed by atoms with E-state index in [1.165, 1.54) is 12.1 Å². The maximum absolute atomic E-state index is 13.0. The van der Waals surface area contributed by atoms with Gasteiger partial charge in [-0.05, 0) is 36.2 Å². The molecule has 3 aromatic rings. The number of rotatable bonds is 4. The summed E-state index contributed by atoms with van der Waals surface area (Å²) in [5.74, 6) is 2.66. The molecule has 0 saturated carbocycles. The Balaban J connectivity index is 1.43. The van der Waals surface area contributed by atoms with Crippen molar-refractivity contribution in [3.8, 4) is 0 Å². The minimum absolute atomic E-state index is 0.224. The van der Waals surface area contributed by atoms with Crippen molar-refractivity contribution in [2.75, 3.05) is 18.0 Å². The number of pyridine rings is 1. The molecule has 0 radical (unpaired) electrons. The number of oxazole rings is 1. The van der Waals surface area contributed by atoms with Crippen molar-refractivity contribution in [2.24, 2.45) is 0 Å². The Morgan fingerprint density at radius 3 is 2.79 bits per heavy atom. The Morgan fingerprint density at radius 2 is 2.00 bits per heavy atom. The van der Waals surface area contributed by atoms with E-state index in [9.17, 15) is 4.39 Å². The highest BCUT2D eigenvalue weighted by Gasteiger charge is 2.28. The summed E-state index contributed by atoms with van der Waals surface area (Å²) >= 11 is 0. The van der Waals surface area contributed by atoms with E-state index in [1.54, 1.807) is 18.3 Å². The Kier molecular flexibility index (Phi) is 3.99. The van der Waals surface area contributed by atoms with Crippen LogP contribution in [0.1, 0.15) is 29.6 Å². The van der Waals surface area contributed by atoms with Crippen LogP contribution >= 0.6 is 0 Å². The fourth-order valence-electron chi connectivity index (χ4n) is 3.11. The summed E-state index contributed by atoms with van der Waals surface area (Å²) in [6.07, 6.45) is 5.23. The largest absolute Gasteiger partial charge is 0.445 e. The smallest absolute Gasteiger partial charge is 0.199 e. The molecule has 0 N–H and O–H groups in total. The van der Waals surface area contributed by atoms with Crippen LogP contribution in [-0.4, -0.2) is 23.1 Å². The lowest BCUT2D eigenvalue weighted by Gasteiger charge is -2.16. The number of hydrogen-bond acceptors (Lipinski definition) is 4. The van der Waals surface area contributed by atoms with E-state index in [0.717, 1.165) is 42.5 Å². The molecule has 4 nitrogen and oxygen atoms in total. The first-order valence-corrected chi connectivity index (χ1v) is 8.13. The molecule has 3 heterocycles. The van der Waals surface area contributed by atoms with Crippen LogP contribution in [0.2, 0.25) is 0 Å². The summed E-state index contributed by atoms with van der Waals surface area (Å²) in [6, 6.07) is 12.4. The van der Waals surface area contributed by atoms with E-state index in [2.05, 4.69) is 14.9 Å². The number of aromatic nitrogens is 2. The van der Waals surface area contributed by atoms with Crippen LogP contribution in [0.5, 0.6) is 0 Å². The summed E-state index contributed by atoms with van der Waals surface area (Å²) in [5.41, 5.74) is 1.01. The fraction of sp³-hybridized carbons (Fsp3) is 0.263. The van der Waals surface area contributed by atoms with Gasteiger partial charge in [-0.2, -0.15) is 0 Å². The molecule has 0 spiro atoms. The summed E-state index contributed by atoms with van der Waals surface area (Å²) in [6.45, 7) is 1.82. The lowest BCUT2D eigenvalue weighted by molar-refractivity contribution is 0.433. The molecule has 2 aromatic heterocycles. The van der Waals surface area contributed by atoms with E-state index >= 15 is 0 Å². The van der Waals surface area contributed by atoms with Crippen molar-refractivity contribution >= 4 is 5.82 Å². The Labute approximate surface area is 140 Å². The topological polar surface area (TPSA) is 42.2 Å². The van der Waals surface area contributed by atoms with Crippen molar-refractivity contribution in [2.45, 2.75) is 18.8 Å². The van der Waals surface area contributed by atoms with E-state index in [4.69, 9.17) is 4.42 Å². The van der Waals surface area contributed by atoms with Gasteiger partial charge in [0.25, 0.3) is 0 Å². The van der Waals surface area contributed by atoms with Crippen LogP contribution in [0.4, 0.5) is 10.2 Å². The van der Waals surface area contributed by atoms with Crippen molar-refractivity contribution in [1.82, 2.24) is 9.97 Å². The van der Waals surface area contributed by atoms with Gasteiger partial charge in [0.05, 0.1) is 12.1 Å². The van der Waals surface area contributed by atoms with Crippen LogP contribution in [0, 0.1) is 5.82 Å². The van der Waals surface area contributed by atoms with Gasteiger partial charge in [0.2, 0.25) is 0 Å². The third-order valence-corrected chi connectivity index (χ3v) is 4.37. The maximum atomic E-state index is 13.0. The van der Waals surface area contributed by atoms with Gasteiger partial charge in [0.15, 0.2) is 5.89 Å². The van der Waals surface area contributed by atoms with E-state index in [0.29, 0.717) is 6.42 Å². The van der Waals surface area contributed by atoms with Gasteiger partial charge in [-0.25, -0.2) is 14.4 Å². The summed E-state index contributed by atoms with van der Waals surface area (Å²) < 4.78 is 18.9. The third kappa shape index (κ3) is 3.15. The molecule has 1 aliphatic heterocycles. The molecule has 0 amide bonds. The minimum Gasteiger partial charge on any atom is -0.445 e. The van der Waals surface area contributed by atoms with Gasteiger partial charge in [-0.3, -0.25) is 0 Å². The second-order valence-corrected chi connectivity index (χ2v) is 6.09. The number of hydrogen-bond donors (Lipinski definition) is 0. The number of benzene rings is 1.